The van der Waals surface area contributed by atoms with Crippen molar-refractivity contribution < 1.29 is 45.4 Å². The number of nitrogens with zero attached hydrogens (tertiary/aromatic N) is 1. The van der Waals surface area contributed by atoms with E-state index in [4.69, 9.17) is 11.6 Å². The van der Waals surface area contributed by atoms with E-state index < -0.39 is 56.9 Å². The first-order valence-corrected chi connectivity index (χ1v) is 11.4. The van der Waals surface area contributed by atoms with Crippen molar-refractivity contribution in [2.75, 3.05) is 36.6 Å². The summed E-state index contributed by atoms with van der Waals surface area (Å²) < 4.78 is 73.7. The van der Waals surface area contributed by atoms with Crippen LogP contribution >= 0.6 is 11.6 Å². The average molecular weight is 523 g/mol. The number of hydrogen-bond donors (Lipinski definition) is 1. The van der Waals surface area contributed by atoms with Crippen LogP contribution in [0.4, 0.5) is 24.5 Å². The second kappa shape index (κ2) is 10.3. The molecule has 0 fully saturated rings. The molecule has 0 aliphatic carbocycles. The molecule has 14 heteroatoms. The van der Waals surface area contributed by atoms with E-state index in [1.807, 2.05) is 0 Å². The van der Waals surface area contributed by atoms with E-state index in [0.717, 1.165) is 44.6 Å². The Kier molecular flexibility index (Phi) is 8.16. The number of hydrogen-bond acceptors (Lipinski definition) is 7. The highest BCUT2D eigenvalue weighted by Crippen LogP contribution is 2.37. The second-order valence-corrected chi connectivity index (χ2v) is 9.08. The van der Waals surface area contributed by atoms with Gasteiger partial charge in [-0.25, -0.2) is 18.0 Å². The smallest absolute Gasteiger partial charge is 0.417 e. The molecule has 0 spiro atoms. The van der Waals surface area contributed by atoms with Gasteiger partial charge in [0.1, 0.15) is 6.54 Å². The number of esters is 2. The van der Waals surface area contributed by atoms with Gasteiger partial charge < -0.3 is 14.8 Å². The van der Waals surface area contributed by atoms with Crippen molar-refractivity contribution in [1.29, 1.82) is 0 Å². The van der Waals surface area contributed by atoms with E-state index >= 15 is 0 Å². The molecule has 184 valence electrons. The Morgan fingerprint density at radius 3 is 1.97 bits per heavy atom. The van der Waals surface area contributed by atoms with Crippen LogP contribution in [0.1, 0.15) is 26.3 Å². The molecular weight excluding hydrogens is 505 g/mol. The lowest BCUT2D eigenvalue weighted by Gasteiger charge is -2.23. The first kappa shape index (κ1) is 26.9. The molecule has 0 aromatic heterocycles. The van der Waals surface area contributed by atoms with E-state index in [-0.39, 0.29) is 16.8 Å². The summed E-state index contributed by atoms with van der Waals surface area (Å²) in [7, 11) is -2.03. The molecule has 2 aromatic rings. The van der Waals surface area contributed by atoms with Crippen LogP contribution in [0.3, 0.4) is 0 Å². The molecule has 0 unspecified atom stereocenters. The average Bonchev–Trinajstić information content (AvgIpc) is 2.75. The normalized spacial score (nSPS) is 11.5. The maximum absolute atomic E-state index is 13.2. The van der Waals surface area contributed by atoms with Crippen molar-refractivity contribution in [3.05, 3.63) is 58.1 Å². The number of alkyl halides is 3. The molecule has 0 atom stereocenters. The molecule has 0 saturated carbocycles. The fraction of sp³-hybridized carbons (Fsp3) is 0.250. The monoisotopic (exact) mass is 522 g/mol. The Bertz CT molecular complexity index is 1200. The first-order chi connectivity index (χ1) is 15.7. The Labute approximate surface area is 197 Å². The van der Waals surface area contributed by atoms with Gasteiger partial charge in [0, 0.05) is 5.69 Å². The highest BCUT2D eigenvalue weighted by atomic mass is 35.5. The first-order valence-electron chi connectivity index (χ1n) is 9.13. The predicted molar refractivity (Wildman–Crippen MR) is 116 cm³/mol. The highest BCUT2D eigenvalue weighted by molar-refractivity contribution is 7.92. The quantitative estimate of drug-likeness (QED) is 0.554. The van der Waals surface area contributed by atoms with Crippen LogP contribution in [-0.4, -0.2) is 53.3 Å². The van der Waals surface area contributed by atoms with Crippen molar-refractivity contribution in [3.63, 3.8) is 0 Å². The lowest BCUT2D eigenvalue weighted by atomic mass is 10.1. The zero-order valence-corrected chi connectivity index (χ0v) is 19.5. The summed E-state index contributed by atoms with van der Waals surface area (Å²) in [6, 6.07) is 5.85. The molecule has 2 aromatic carbocycles. The molecule has 0 aliphatic rings. The fourth-order valence-corrected chi connectivity index (χ4v) is 3.86. The van der Waals surface area contributed by atoms with E-state index in [2.05, 4.69) is 14.8 Å². The number of methoxy groups -OCH3 is 2. The minimum absolute atomic E-state index is 0.0890. The van der Waals surface area contributed by atoms with Crippen molar-refractivity contribution in [1.82, 2.24) is 0 Å². The minimum atomic E-state index is -4.86. The summed E-state index contributed by atoms with van der Waals surface area (Å²) in [6.45, 7) is -0.923. The van der Waals surface area contributed by atoms with Gasteiger partial charge in [-0.15, -0.1) is 0 Å². The van der Waals surface area contributed by atoms with Crippen molar-refractivity contribution >= 4 is 50.8 Å². The number of carbonyl (C=O) groups is 3. The van der Waals surface area contributed by atoms with Crippen LogP contribution in [-0.2, 0) is 30.5 Å². The maximum Gasteiger partial charge on any atom is 0.417 e. The Hall–Kier alpha value is -3.32. The van der Waals surface area contributed by atoms with Gasteiger partial charge in [0.15, 0.2) is 0 Å². The standard InChI is InChI=1S/C20H18ClF3N2O7S/c1-32-18(28)11-6-12(19(29)33-2)8-13(7-11)25-17(27)10-26(34(3,30)31)14-4-5-16(21)15(9-14)20(22,23)24/h4-9H,10H2,1-3H3,(H,25,27). The van der Waals surface area contributed by atoms with Gasteiger partial charge in [0.25, 0.3) is 0 Å². The lowest BCUT2D eigenvalue weighted by Crippen LogP contribution is -2.37. The summed E-state index contributed by atoms with van der Waals surface area (Å²) in [5, 5.41) is 1.65. The number of ether oxygens (including phenoxy) is 2. The fourth-order valence-electron chi connectivity index (χ4n) is 2.79. The second-order valence-electron chi connectivity index (χ2n) is 6.76. The van der Waals surface area contributed by atoms with Crippen LogP contribution in [0, 0.1) is 0 Å². The number of rotatable bonds is 7. The van der Waals surface area contributed by atoms with Crippen molar-refractivity contribution in [2.45, 2.75) is 6.18 Å². The summed E-state index contributed by atoms with van der Waals surface area (Å²) >= 11 is 5.57. The van der Waals surface area contributed by atoms with Gasteiger partial charge in [0.05, 0.1) is 47.9 Å². The Balaban J connectivity index is 2.41. The minimum Gasteiger partial charge on any atom is -0.465 e. The van der Waals surface area contributed by atoms with Gasteiger partial charge >= 0.3 is 18.1 Å². The number of halogens is 4. The highest BCUT2D eigenvalue weighted by Gasteiger charge is 2.34. The number of anilines is 2. The molecule has 0 aliphatic heterocycles. The third-order valence-corrected chi connectivity index (χ3v) is 5.76. The summed E-state index contributed by atoms with van der Waals surface area (Å²) in [6.07, 6.45) is -4.16. The molecule has 0 bridgehead atoms. The Morgan fingerprint density at radius 1 is 1.00 bits per heavy atom. The number of sulfonamides is 1. The van der Waals surface area contributed by atoms with Crippen LogP contribution < -0.4 is 9.62 Å². The van der Waals surface area contributed by atoms with Gasteiger partial charge in [-0.1, -0.05) is 11.6 Å². The molecular formula is C20H18ClF3N2O7S. The molecule has 1 N–H and O–H groups in total. The summed E-state index contributed by atoms with van der Waals surface area (Å²) in [5.74, 6) is -2.65. The molecule has 34 heavy (non-hydrogen) atoms. The van der Waals surface area contributed by atoms with Crippen LogP contribution in [0.25, 0.3) is 0 Å². The number of benzene rings is 2. The van der Waals surface area contributed by atoms with Gasteiger partial charge in [0.2, 0.25) is 15.9 Å². The number of nitrogens with one attached hydrogen (secondary N) is 1. The third kappa shape index (κ3) is 6.60. The van der Waals surface area contributed by atoms with Crippen LogP contribution in [0.5, 0.6) is 0 Å². The van der Waals surface area contributed by atoms with E-state index in [1.165, 1.54) is 0 Å². The topological polar surface area (TPSA) is 119 Å². The van der Waals surface area contributed by atoms with Crippen LogP contribution in [0.15, 0.2) is 36.4 Å². The maximum atomic E-state index is 13.2. The molecule has 1 amide bonds. The summed E-state index contributed by atoms with van der Waals surface area (Å²) in [5.41, 5.74) is -2.06. The molecule has 2 rings (SSSR count). The van der Waals surface area contributed by atoms with Crippen molar-refractivity contribution in [3.8, 4) is 0 Å². The molecule has 0 saturated heterocycles. The molecule has 0 heterocycles. The predicted octanol–water partition coefficient (Wildman–Crippen LogP) is 3.34. The summed E-state index contributed by atoms with van der Waals surface area (Å²) in [4.78, 5) is 36.3. The van der Waals surface area contributed by atoms with Crippen molar-refractivity contribution in [2.24, 2.45) is 0 Å². The van der Waals surface area contributed by atoms with E-state index in [9.17, 15) is 36.0 Å². The number of amides is 1. The van der Waals surface area contributed by atoms with E-state index in [0.29, 0.717) is 16.6 Å². The zero-order valence-electron chi connectivity index (χ0n) is 17.9. The molecule has 0 radical (unpaired) electrons. The largest absolute Gasteiger partial charge is 0.465 e. The Morgan fingerprint density at radius 2 is 1.53 bits per heavy atom. The zero-order chi connectivity index (χ0) is 25.8. The van der Waals surface area contributed by atoms with Gasteiger partial charge in [-0.2, -0.15) is 13.2 Å². The molecule has 9 nitrogen and oxygen atoms in total. The number of carbonyl (C=O) groups excluding carboxylic acids is 3. The third-order valence-electron chi connectivity index (χ3n) is 4.29. The van der Waals surface area contributed by atoms with Gasteiger partial charge in [-0.05, 0) is 36.4 Å². The lowest BCUT2D eigenvalue weighted by molar-refractivity contribution is -0.137. The van der Waals surface area contributed by atoms with E-state index in [1.54, 1.807) is 0 Å². The van der Waals surface area contributed by atoms with Gasteiger partial charge in [-0.3, -0.25) is 9.10 Å². The van der Waals surface area contributed by atoms with Crippen LogP contribution in [0.2, 0.25) is 5.02 Å². The SMILES string of the molecule is COC(=O)c1cc(NC(=O)CN(c2ccc(Cl)c(C(F)(F)F)c2)S(C)(=O)=O)cc(C(=O)OC)c1.